The fraction of sp³-hybridized carbons (Fsp3) is 0.409. The molecule has 3 N–H and O–H groups in total. The minimum Gasteiger partial charge on any atom is -0.493 e. The second-order valence-corrected chi connectivity index (χ2v) is 15.3. The molecule has 2 aromatic heterocycles. The first kappa shape index (κ1) is 43.4. The number of nitrogens with zero attached hydrogens (tertiary/aromatic N) is 5. The van der Waals surface area contributed by atoms with Crippen LogP contribution in [0, 0.1) is 0 Å². The number of benzene rings is 2. The highest BCUT2D eigenvalue weighted by atomic mass is 16.7. The summed E-state index contributed by atoms with van der Waals surface area (Å²) in [5, 5.41) is 14.9. The molecule has 0 radical (unpaired) electrons. The van der Waals surface area contributed by atoms with Crippen molar-refractivity contribution in [3.8, 4) is 22.6 Å². The number of amides is 4. The Labute approximate surface area is 358 Å². The number of nitrogens with one attached hydrogen (secondary N) is 2. The van der Waals surface area contributed by atoms with E-state index in [4.69, 9.17) is 23.7 Å². The van der Waals surface area contributed by atoms with Crippen LogP contribution in [0.1, 0.15) is 82.8 Å². The summed E-state index contributed by atoms with van der Waals surface area (Å²) in [6.07, 6.45) is 7.56. The Balaban J connectivity index is 0.998. The molecule has 2 saturated heterocycles. The number of aromatic nitrogens is 3. The molecule has 3 aliphatic heterocycles. The highest BCUT2D eigenvalue weighted by molar-refractivity contribution is 6.06. The molecule has 328 valence electrons. The molecule has 18 nitrogen and oxygen atoms in total. The summed E-state index contributed by atoms with van der Waals surface area (Å²) < 4.78 is 32.9. The predicted octanol–water partition coefficient (Wildman–Crippen LogP) is 6.19. The van der Waals surface area contributed by atoms with E-state index in [-0.39, 0.29) is 78.0 Å². The summed E-state index contributed by atoms with van der Waals surface area (Å²) in [5.41, 5.74) is 2.62. The van der Waals surface area contributed by atoms with Crippen molar-refractivity contribution in [2.24, 2.45) is 14.1 Å². The quantitative estimate of drug-likeness (QED) is 0.0905. The number of carboxylic acid groups (broad SMARTS) is 1. The first-order valence-corrected chi connectivity index (χ1v) is 20.6. The Morgan fingerprint density at radius 2 is 1.76 bits per heavy atom. The van der Waals surface area contributed by atoms with Crippen molar-refractivity contribution < 1.29 is 52.8 Å². The fourth-order valence-corrected chi connectivity index (χ4v) is 7.92. The van der Waals surface area contributed by atoms with Gasteiger partial charge in [-0.15, -0.1) is 0 Å². The minimum absolute atomic E-state index is 0.0412. The van der Waals surface area contributed by atoms with Gasteiger partial charge in [-0.3, -0.25) is 14.4 Å². The van der Waals surface area contributed by atoms with Crippen molar-refractivity contribution in [1.29, 1.82) is 0 Å². The van der Waals surface area contributed by atoms with Crippen LogP contribution in [0.4, 0.5) is 22.0 Å². The lowest BCUT2D eigenvalue weighted by Gasteiger charge is -2.42. The molecule has 18 heteroatoms. The van der Waals surface area contributed by atoms with E-state index in [1.165, 1.54) is 33.4 Å². The lowest BCUT2D eigenvalue weighted by atomic mass is 10.00. The normalized spacial score (nSPS) is 18.5. The number of imidazole rings is 1. The molecule has 0 bridgehead atoms. The number of ether oxygens (including phenoxy) is 5. The zero-order chi connectivity index (χ0) is 43.9. The van der Waals surface area contributed by atoms with E-state index < -0.39 is 36.5 Å². The highest BCUT2D eigenvalue weighted by Crippen LogP contribution is 2.42. The minimum atomic E-state index is -1.03. The number of aryl methyl sites for hydroxylation is 2. The Bertz CT molecular complexity index is 2310. The Morgan fingerprint density at radius 3 is 2.47 bits per heavy atom. The number of methoxy groups -OCH3 is 1. The molecule has 7 rings (SSSR count). The second kappa shape index (κ2) is 19.4. The van der Waals surface area contributed by atoms with Crippen LogP contribution in [0.25, 0.3) is 11.1 Å². The average Bonchev–Trinajstić information content (AvgIpc) is 3.83. The molecule has 3 aliphatic rings. The van der Waals surface area contributed by atoms with E-state index >= 15 is 0 Å². The SMILES string of the molecule is C=CCOC(=O)N1c2cc(OCCCC(=O)Nc3cn(C)c(C(=O)Nc4ccc(-c5cc(C(=O)O)n(C)c5)cc4)n3)c(OC)cc2C(=O)N2CCCC[C@H]2C1OC1CCCCO1. The molecule has 2 fully saturated rings. The molecule has 0 aliphatic carbocycles. The van der Waals surface area contributed by atoms with Crippen molar-refractivity contribution >= 4 is 47.0 Å². The Hall–Kier alpha value is -6.66. The summed E-state index contributed by atoms with van der Waals surface area (Å²) in [7, 11) is 4.75. The molecular weight excluding hydrogens is 803 g/mol. The van der Waals surface area contributed by atoms with Gasteiger partial charge in [-0.1, -0.05) is 24.8 Å². The van der Waals surface area contributed by atoms with Crippen LogP contribution in [-0.4, -0.2) is 106 Å². The van der Waals surface area contributed by atoms with Gasteiger partial charge < -0.3 is 53.5 Å². The van der Waals surface area contributed by atoms with E-state index in [2.05, 4.69) is 22.2 Å². The highest BCUT2D eigenvalue weighted by Gasteiger charge is 2.47. The van der Waals surface area contributed by atoms with Gasteiger partial charge in [0.2, 0.25) is 11.7 Å². The van der Waals surface area contributed by atoms with Gasteiger partial charge in [0, 0.05) is 63.4 Å². The van der Waals surface area contributed by atoms with E-state index in [0.29, 0.717) is 31.7 Å². The van der Waals surface area contributed by atoms with Gasteiger partial charge in [0.05, 0.1) is 31.0 Å². The first-order valence-electron chi connectivity index (χ1n) is 20.6. The number of fused-ring (bicyclic) bond motifs is 2. The maximum Gasteiger partial charge on any atom is 0.416 e. The molecule has 4 amide bonds. The van der Waals surface area contributed by atoms with Crippen molar-refractivity contribution in [3.63, 3.8) is 0 Å². The molecule has 0 saturated carbocycles. The lowest BCUT2D eigenvalue weighted by Crippen LogP contribution is -2.57. The van der Waals surface area contributed by atoms with E-state index in [1.54, 1.807) is 67.7 Å². The molecular formula is C44H51N7O11. The number of carbonyl (C=O) groups is 5. The number of hydrogen-bond acceptors (Lipinski definition) is 11. The number of aromatic carboxylic acids is 1. The Morgan fingerprint density at radius 1 is 0.968 bits per heavy atom. The maximum atomic E-state index is 14.2. The fourth-order valence-electron chi connectivity index (χ4n) is 7.92. The van der Waals surface area contributed by atoms with Crippen LogP contribution in [0.5, 0.6) is 11.5 Å². The largest absolute Gasteiger partial charge is 0.493 e. The first-order chi connectivity index (χ1) is 29.9. The summed E-state index contributed by atoms with van der Waals surface area (Å²) in [6, 6.07) is 11.2. The maximum absolute atomic E-state index is 14.2. The third kappa shape index (κ3) is 9.61. The van der Waals surface area contributed by atoms with Crippen molar-refractivity contribution in [2.45, 2.75) is 69.9 Å². The van der Waals surface area contributed by atoms with Gasteiger partial charge in [0.25, 0.3) is 11.8 Å². The number of rotatable bonds is 15. The molecule has 2 unspecified atom stereocenters. The lowest BCUT2D eigenvalue weighted by molar-refractivity contribution is -0.198. The summed E-state index contributed by atoms with van der Waals surface area (Å²) in [5.74, 6) is -1.39. The predicted molar refractivity (Wildman–Crippen MR) is 226 cm³/mol. The average molecular weight is 854 g/mol. The molecule has 0 spiro atoms. The van der Waals surface area contributed by atoms with Crippen LogP contribution < -0.4 is 25.0 Å². The zero-order valence-corrected chi connectivity index (χ0v) is 35.0. The van der Waals surface area contributed by atoms with Crippen molar-refractivity contribution in [2.75, 3.05) is 49.0 Å². The summed E-state index contributed by atoms with van der Waals surface area (Å²) in [4.78, 5) is 73.2. The van der Waals surface area contributed by atoms with E-state index in [0.717, 1.165) is 36.8 Å². The van der Waals surface area contributed by atoms with Gasteiger partial charge in [0.15, 0.2) is 29.8 Å². The van der Waals surface area contributed by atoms with Crippen molar-refractivity contribution in [1.82, 2.24) is 19.0 Å². The third-order valence-electron chi connectivity index (χ3n) is 11.0. The summed E-state index contributed by atoms with van der Waals surface area (Å²) in [6.45, 7) is 4.71. The number of carboxylic acids is 1. The van der Waals surface area contributed by atoms with Crippen molar-refractivity contribution in [3.05, 3.63) is 84.6 Å². The topological polar surface area (TPSA) is 205 Å². The molecule has 2 aromatic carbocycles. The van der Waals surface area contributed by atoms with Gasteiger partial charge >= 0.3 is 12.1 Å². The monoisotopic (exact) mass is 853 g/mol. The zero-order valence-electron chi connectivity index (χ0n) is 35.0. The van der Waals surface area contributed by atoms with Gasteiger partial charge in [-0.2, -0.15) is 0 Å². The van der Waals surface area contributed by atoms with Gasteiger partial charge in [-0.25, -0.2) is 19.5 Å². The molecule has 62 heavy (non-hydrogen) atoms. The van der Waals surface area contributed by atoms with Crippen LogP contribution in [-0.2, 0) is 33.1 Å². The Kier molecular flexibility index (Phi) is 13.6. The van der Waals surface area contributed by atoms with Gasteiger partial charge in [0.1, 0.15) is 12.3 Å². The molecule has 3 atom stereocenters. The van der Waals surface area contributed by atoms with Crippen LogP contribution in [0.3, 0.4) is 0 Å². The van der Waals surface area contributed by atoms with Crippen LogP contribution in [0.2, 0.25) is 0 Å². The molecule has 5 heterocycles. The van der Waals surface area contributed by atoms with Gasteiger partial charge in [-0.05, 0) is 74.8 Å². The van der Waals surface area contributed by atoms with E-state index in [1.807, 2.05) is 0 Å². The summed E-state index contributed by atoms with van der Waals surface area (Å²) >= 11 is 0. The van der Waals surface area contributed by atoms with Crippen LogP contribution >= 0.6 is 0 Å². The second-order valence-electron chi connectivity index (χ2n) is 15.3. The number of carbonyl (C=O) groups excluding carboxylic acids is 4. The standard InChI is InChI=1S/C44H51N7O11/c1-5-19-61-44(57)51-32-24-35(34(58-4)23-30(32)41(54)50-18-8-6-11-31(50)42(51)62-38-13-7-9-20-60-38)59-21-10-12-37(52)46-36-26-49(3)39(47-36)40(53)45-29-16-14-27(15-17-29)28-22-33(43(55)56)48(2)25-28/h5,14-17,22-26,31,38,42H,1,6-13,18-21H2,2-4H3,(H,45,53)(H,46,52)(H,55,56)/t31-,38?,42?/m0/s1. The van der Waals surface area contributed by atoms with E-state index in [9.17, 15) is 29.1 Å². The smallest absolute Gasteiger partial charge is 0.416 e. The number of anilines is 3. The third-order valence-corrected chi connectivity index (χ3v) is 11.0. The number of piperidine rings is 1. The van der Waals surface area contributed by atoms with Crippen LogP contribution in [0.15, 0.2) is 67.5 Å². The molecule has 4 aromatic rings. The number of hydrogen-bond donors (Lipinski definition) is 3.